The van der Waals surface area contributed by atoms with Crippen molar-refractivity contribution >= 4 is 12.0 Å². The Morgan fingerprint density at radius 3 is 2.56 bits per heavy atom. The summed E-state index contributed by atoms with van der Waals surface area (Å²) in [6.07, 6.45) is -5.05. The predicted molar refractivity (Wildman–Crippen MR) is 54.7 cm³/mol. The number of nitrogens with zero attached hydrogens (tertiary/aromatic N) is 1. The molecule has 3 unspecified atom stereocenters. The lowest BCUT2D eigenvalue weighted by molar-refractivity contribution is -0.528. The van der Waals surface area contributed by atoms with Gasteiger partial charge in [-0.1, -0.05) is 5.04 Å². The third-order valence-corrected chi connectivity index (χ3v) is 3.68. The zero-order valence-corrected chi connectivity index (χ0v) is 10.2. The molecule has 0 radical (unpaired) electrons. The molecule has 18 heavy (non-hydrogen) atoms. The highest BCUT2D eigenvalue weighted by molar-refractivity contribution is 7.95. The summed E-state index contributed by atoms with van der Waals surface area (Å²) in [5, 5.41) is 14.2. The van der Waals surface area contributed by atoms with Gasteiger partial charge in [-0.05, 0) is 12.8 Å². The Hall–Kier alpha value is -0.580. The van der Waals surface area contributed by atoms with E-state index in [1.807, 2.05) is 0 Å². The van der Waals surface area contributed by atoms with Crippen LogP contribution < -0.4 is 0 Å². The highest BCUT2D eigenvalue weighted by Gasteiger charge is 2.49. The van der Waals surface area contributed by atoms with Gasteiger partial charge in [-0.15, -0.1) is 4.33 Å². The average Bonchev–Trinajstić information content (AvgIpc) is 2.28. The van der Waals surface area contributed by atoms with Crippen LogP contribution in [0.5, 0.6) is 0 Å². The number of hydrogen-bond acceptors (Lipinski definition) is 6. The molecule has 10 heteroatoms. The van der Waals surface area contributed by atoms with Gasteiger partial charge in [-0.25, -0.2) is 4.89 Å². The van der Waals surface area contributed by atoms with E-state index in [2.05, 4.69) is 14.3 Å². The summed E-state index contributed by atoms with van der Waals surface area (Å²) in [6.45, 7) is 0. The minimum atomic E-state index is -4.40. The van der Waals surface area contributed by atoms with E-state index in [1.165, 1.54) is 7.11 Å². The van der Waals surface area contributed by atoms with E-state index in [0.29, 0.717) is 12.0 Å². The zero-order chi connectivity index (χ0) is 13.8. The Kier molecular flexibility index (Phi) is 5.63. The van der Waals surface area contributed by atoms with Crippen molar-refractivity contribution in [1.29, 1.82) is 0 Å². The normalized spacial score (nSPS) is 29.2. The Balaban J connectivity index is 2.58. The summed E-state index contributed by atoms with van der Waals surface area (Å²) in [5.41, 5.74) is 0. The van der Waals surface area contributed by atoms with Crippen LogP contribution in [-0.4, -0.2) is 29.5 Å². The van der Waals surface area contributed by atoms with Crippen LogP contribution in [0.2, 0.25) is 0 Å². The molecule has 0 aromatic rings. The van der Waals surface area contributed by atoms with E-state index in [0.717, 1.165) is 0 Å². The highest BCUT2D eigenvalue weighted by Crippen LogP contribution is 2.41. The third-order valence-electron chi connectivity index (χ3n) is 2.75. The van der Waals surface area contributed by atoms with Crippen LogP contribution in [0.15, 0.2) is 0 Å². The molecular weight excluding hydrogens is 279 g/mol. The van der Waals surface area contributed by atoms with Gasteiger partial charge in [0.1, 0.15) is 5.25 Å². The Morgan fingerprint density at radius 1 is 1.39 bits per heavy atom. The molecule has 106 valence electrons. The monoisotopic (exact) mass is 291 g/mol. The van der Waals surface area contributed by atoms with Gasteiger partial charge >= 0.3 is 6.18 Å². The van der Waals surface area contributed by atoms with Gasteiger partial charge in [-0.3, -0.25) is 10.1 Å². The number of alkyl halides is 3. The van der Waals surface area contributed by atoms with E-state index < -0.39 is 34.7 Å². The van der Waals surface area contributed by atoms with E-state index in [-0.39, 0.29) is 12.8 Å². The lowest BCUT2D eigenvalue weighted by atomic mass is 9.85. The van der Waals surface area contributed by atoms with Crippen LogP contribution >= 0.6 is 12.0 Å². The summed E-state index contributed by atoms with van der Waals surface area (Å²) in [4.78, 5) is 14.2. The first-order valence-corrected chi connectivity index (χ1v) is 5.89. The Bertz CT molecular complexity index is 290. The van der Waals surface area contributed by atoms with Gasteiger partial charge in [0.15, 0.2) is 0 Å². The number of hydrogen-bond donors (Lipinski definition) is 0. The van der Waals surface area contributed by atoms with Crippen molar-refractivity contribution in [2.24, 2.45) is 5.92 Å². The van der Waals surface area contributed by atoms with Crippen molar-refractivity contribution < 1.29 is 32.4 Å². The van der Waals surface area contributed by atoms with Crippen molar-refractivity contribution in [1.82, 2.24) is 0 Å². The smallest absolute Gasteiger partial charge is 0.264 e. The average molecular weight is 291 g/mol. The van der Waals surface area contributed by atoms with Gasteiger partial charge in [0.25, 0.3) is 0 Å². The summed E-state index contributed by atoms with van der Waals surface area (Å²) in [7, 11) is 1.17. The van der Waals surface area contributed by atoms with Crippen molar-refractivity contribution in [3.05, 3.63) is 10.1 Å². The van der Waals surface area contributed by atoms with Crippen molar-refractivity contribution in [3.8, 4) is 0 Å². The van der Waals surface area contributed by atoms with Crippen molar-refractivity contribution in [2.45, 2.75) is 36.7 Å². The molecule has 6 nitrogen and oxygen atoms in total. The fourth-order valence-corrected chi connectivity index (χ4v) is 2.60. The fourth-order valence-electron chi connectivity index (χ4n) is 1.84. The number of nitro groups is 1. The summed E-state index contributed by atoms with van der Waals surface area (Å²) < 4.78 is 42.0. The molecule has 0 spiro atoms. The molecule has 3 atom stereocenters. The maximum Gasteiger partial charge on any atom is 0.392 e. The molecule has 0 amide bonds. The zero-order valence-electron chi connectivity index (χ0n) is 9.38. The molecule has 1 rings (SSSR count). The topological polar surface area (TPSA) is 70.8 Å². The van der Waals surface area contributed by atoms with Gasteiger partial charge in [0, 0.05) is 23.4 Å². The van der Waals surface area contributed by atoms with Gasteiger partial charge in [-0.2, -0.15) is 13.2 Å². The first-order valence-electron chi connectivity index (χ1n) is 5.09. The molecule has 0 aliphatic heterocycles. The molecular formula is C8H12F3NO5S. The quantitative estimate of drug-likeness (QED) is 0.255. The third kappa shape index (κ3) is 4.26. The minimum absolute atomic E-state index is 0.0353. The van der Waals surface area contributed by atoms with Crippen molar-refractivity contribution in [3.63, 3.8) is 0 Å². The van der Waals surface area contributed by atoms with E-state index >= 15 is 0 Å². The van der Waals surface area contributed by atoms with Gasteiger partial charge in [0.05, 0.1) is 13.0 Å². The maximum atomic E-state index is 12.5. The Morgan fingerprint density at radius 2 is 2.06 bits per heavy atom. The lowest BCUT2D eigenvalue weighted by Gasteiger charge is -2.30. The van der Waals surface area contributed by atoms with E-state index in [1.54, 1.807) is 0 Å². The summed E-state index contributed by atoms with van der Waals surface area (Å²) >= 11 is 0.615. The molecule has 1 saturated carbocycles. The molecule has 0 N–H and O–H groups in total. The van der Waals surface area contributed by atoms with Gasteiger partial charge in [0.2, 0.25) is 6.04 Å². The summed E-state index contributed by atoms with van der Waals surface area (Å²) in [5.74, 6) is -1.63. The molecule has 0 heterocycles. The number of halogens is 3. The van der Waals surface area contributed by atoms with Gasteiger partial charge < -0.3 is 0 Å². The second-order valence-electron chi connectivity index (χ2n) is 3.84. The Labute approximate surface area is 105 Å². The molecule has 1 fully saturated rings. The highest BCUT2D eigenvalue weighted by atomic mass is 32.2. The van der Waals surface area contributed by atoms with Crippen molar-refractivity contribution in [2.75, 3.05) is 7.11 Å². The van der Waals surface area contributed by atoms with Crippen LogP contribution in [0, 0.1) is 16.0 Å². The largest absolute Gasteiger partial charge is 0.392 e. The van der Waals surface area contributed by atoms with Crippen LogP contribution in [-0.2, 0) is 14.3 Å². The van der Waals surface area contributed by atoms with E-state index in [9.17, 15) is 23.3 Å². The fraction of sp³-hybridized carbons (Fsp3) is 1.00. The standard InChI is InChI=1S/C8H12F3NO5S/c1-15-16-17-18-7-3-2-5(8(9,10)11)4-6(7)12(13)14/h5-7H,2-4H2,1H3. The first-order chi connectivity index (χ1) is 8.36. The summed E-state index contributed by atoms with van der Waals surface area (Å²) in [6, 6.07) is -1.31. The molecule has 0 saturated heterocycles. The van der Waals surface area contributed by atoms with Crippen LogP contribution in [0.1, 0.15) is 19.3 Å². The SMILES string of the molecule is COOOSC1CCC(C(F)(F)F)CC1[N+](=O)[O-]. The molecule has 0 aromatic heterocycles. The second-order valence-corrected chi connectivity index (χ2v) is 4.78. The second kappa shape index (κ2) is 6.55. The van der Waals surface area contributed by atoms with E-state index in [4.69, 9.17) is 0 Å². The van der Waals surface area contributed by atoms with Crippen LogP contribution in [0.4, 0.5) is 13.2 Å². The molecule has 0 bridgehead atoms. The molecule has 1 aliphatic rings. The van der Waals surface area contributed by atoms with Crippen LogP contribution in [0.25, 0.3) is 0 Å². The molecule has 0 aromatic carbocycles. The van der Waals surface area contributed by atoms with Crippen LogP contribution in [0.3, 0.4) is 0 Å². The minimum Gasteiger partial charge on any atom is -0.264 e. The predicted octanol–water partition coefficient (Wildman–Crippen LogP) is 2.52. The number of rotatable bonds is 5. The lowest BCUT2D eigenvalue weighted by Crippen LogP contribution is -2.42. The first kappa shape index (κ1) is 15.5. The molecule has 1 aliphatic carbocycles. The maximum absolute atomic E-state index is 12.5.